The van der Waals surface area contributed by atoms with Gasteiger partial charge in [0.1, 0.15) is 23.7 Å². The number of carbonyl (C=O) groups is 2. The van der Waals surface area contributed by atoms with Crippen LogP contribution in [-0.4, -0.2) is 87.5 Å². The van der Waals surface area contributed by atoms with Crippen LogP contribution in [0.1, 0.15) is 113 Å². The third-order valence-electron chi connectivity index (χ3n) is 9.87. The Bertz CT molecular complexity index is 1630. The van der Waals surface area contributed by atoms with Crippen LogP contribution in [0.25, 0.3) is 0 Å². The lowest BCUT2D eigenvalue weighted by molar-refractivity contribution is -0.870. The third-order valence-corrected chi connectivity index (χ3v) is 9.87. The van der Waals surface area contributed by atoms with Crippen molar-refractivity contribution in [2.45, 2.75) is 98.3 Å². The van der Waals surface area contributed by atoms with Gasteiger partial charge in [-0.15, -0.1) is 0 Å². The van der Waals surface area contributed by atoms with E-state index in [0.717, 1.165) is 55.1 Å². The van der Waals surface area contributed by atoms with Crippen LogP contribution in [0, 0.1) is 22.6 Å². The smallest absolute Gasteiger partial charge is 0.275 e. The van der Waals surface area contributed by atoms with E-state index in [9.17, 15) is 14.0 Å². The van der Waals surface area contributed by atoms with Crippen LogP contribution in [0.5, 0.6) is 0 Å². The van der Waals surface area contributed by atoms with Crippen LogP contribution >= 0.6 is 0 Å². The minimum atomic E-state index is -0.708. The van der Waals surface area contributed by atoms with Gasteiger partial charge in [-0.1, -0.05) is 65.8 Å². The lowest BCUT2D eigenvalue weighted by Crippen LogP contribution is -2.51. The van der Waals surface area contributed by atoms with E-state index in [4.69, 9.17) is 10.1 Å². The highest BCUT2D eigenvalue weighted by atomic mass is 19.1. The first-order chi connectivity index (χ1) is 23.8. The Morgan fingerprint density at radius 3 is 2.25 bits per heavy atom. The number of halogens is 1. The number of aliphatic hydroxyl groups is 1. The lowest BCUT2D eigenvalue weighted by Gasteiger charge is -2.47. The van der Waals surface area contributed by atoms with E-state index in [2.05, 4.69) is 88.6 Å². The molecule has 51 heavy (non-hydrogen) atoms. The van der Waals surface area contributed by atoms with Gasteiger partial charge in [-0.05, 0) is 85.1 Å². The summed E-state index contributed by atoms with van der Waals surface area (Å²) in [5, 5.41) is 25.6. The molecule has 2 aliphatic rings. The number of benzene rings is 2. The van der Waals surface area contributed by atoms with Gasteiger partial charge in [0.2, 0.25) is 0 Å². The number of hydrogen-bond donors (Lipinski definition) is 2. The number of aliphatic hydroxyl groups excluding tert-OH is 1. The lowest BCUT2D eigenvalue weighted by atomic mass is 9.69. The van der Waals surface area contributed by atoms with Crippen LogP contribution in [-0.2, 0) is 11.3 Å². The molecule has 2 amide bonds. The largest absolute Gasteiger partial charge is 0.391 e. The molecule has 1 atom stereocenters. The molecule has 2 N–H and O–H groups in total. The van der Waals surface area contributed by atoms with Crippen molar-refractivity contribution in [2.75, 3.05) is 34.3 Å². The fourth-order valence-corrected chi connectivity index (χ4v) is 6.83. The van der Waals surface area contributed by atoms with E-state index in [1.165, 1.54) is 12.1 Å². The molecule has 2 heterocycles. The first-order valence-electron chi connectivity index (χ1n) is 18.0. The van der Waals surface area contributed by atoms with Crippen LogP contribution < -0.4 is 10.4 Å². The Balaban J connectivity index is 0.000000755. The molecule has 0 saturated heterocycles. The van der Waals surface area contributed by atoms with Gasteiger partial charge in [-0.25, -0.2) is 4.39 Å². The fraction of sp³-hybridized carbons (Fsp3) is 0.590. The number of aromatic nitrogens is 4. The van der Waals surface area contributed by atoms with Crippen molar-refractivity contribution in [2.24, 2.45) is 21.7 Å². The molecule has 0 bridgehead atoms. The molecule has 2 aromatic carbocycles. The summed E-state index contributed by atoms with van der Waals surface area (Å²) in [6.45, 7) is 14.7. The summed E-state index contributed by atoms with van der Waals surface area (Å²) in [5.41, 5.74) is 1.76. The summed E-state index contributed by atoms with van der Waals surface area (Å²) in [6.07, 6.45) is 5.01. The zero-order chi connectivity index (χ0) is 37.6. The zero-order valence-corrected chi connectivity index (χ0v) is 31.9. The predicted molar refractivity (Wildman–Crippen MR) is 196 cm³/mol. The van der Waals surface area contributed by atoms with Crippen molar-refractivity contribution >= 4 is 17.5 Å². The quantitative estimate of drug-likeness (QED) is 0.258. The zero-order valence-electron chi connectivity index (χ0n) is 31.9. The highest BCUT2D eigenvalue weighted by Crippen LogP contribution is 2.50. The molecule has 0 radical (unpaired) electrons. The summed E-state index contributed by atoms with van der Waals surface area (Å²) in [4.78, 5) is 34.5. The second kappa shape index (κ2) is 16.1. The van der Waals surface area contributed by atoms with Crippen molar-refractivity contribution < 1.29 is 23.6 Å². The van der Waals surface area contributed by atoms with Crippen LogP contribution in [0.15, 0.2) is 53.5 Å². The molecule has 1 spiro atoms. The maximum atomic E-state index is 14.5. The van der Waals surface area contributed by atoms with Gasteiger partial charge in [-0.3, -0.25) is 24.9 Å². The average molecular weight is 705 g/mol. The van der Waals surface area contributed by atoms with Gasteiger partial charge in [0.05, 0.1) is 33.8 Å². The summed E-state index contributed by atoms with van der Waals surface area (Å²) in [6, 6.07) is 13.4. The number of hydrogen-bond acceptors (Lipinski definition) is 7. The van der Waals surface area contributed by atoms with Crippen molar-refractivity contribution in [3.05, 3.63) is 76.9 Å². The number of quaternary nitrogens is 1. The number of tetrazole rings is 1. The van der Waals surface area contributed by atoms with Gasteiger partial charge in [0.15, 0.2) is 0 Å². The van der Waals surface area contributed by atoms with E-state index in [-0.39, 0.29) is 41.8 Å². The molecule has 3 aromatic rings. The van der Waals surface area contributed by atoms with Crippen LogP contribution in [0.3, 0.4) is 0 Å². The molecule has 11 nitrogen and oxygen atoms in total. The molecular weight excluding hydrogens is 647 g/mol. The maximum absolute atomic E-state index is 14.5. The highest BCUT2D eigenvalue weighted by Gasteiger charge is 2.52. The van der Waals surface area contributed by atoms with E-state index in [1.54, 1.807) is 24.3 Å². The summed E-state index contributed by atoms with van der Waals surface area (Å²) < 4.78 is 15.2. The van der Waals surface area contributed by atoms with Gasteiger partial charge in [0, 0.05) is 23.5 Å². The Kier molecular flexibility index (Phi) is 12.6. The summed E-state index contributed by atoms with van der Waals surface area (Å²) >= 11 is 0. The molecule has 1 aliphatic heterocycles. The van der Waals surface area contributed by atoms with Crippen molar-refractivity contribution in [3.63, 3.8) is 0 Å². The normalized spacial score (nSPS) is 20.1. The number of amides is 2. The van der Waals surface area contributed by atoms with E-state index in [1.807, 2.05) is 17.0 Å². The topological polar surface area (TPSA) is 135 Å². The van der Waals surface area contributed by atoms with Gasteiger partial charge < -0.3 is 24.9 Å². The van der Waals surface area contributed by atoms with Crippen molar-refractivity contribution in [1.82, 2.24) is 30.8 Å². The van der Waals surface area contributed by atoms with E-state index in [0.29, 0.717) is 28.6 Å². The average Bonchev–Trinajstić information content (AvgIpc) is 3.66. The van der Waals surface area contributed by atoms with Gasteiger partial charge in [-0.2, -0.15) is 5.21 Å². The first-order valence-corrected chi connectivity index (χ1v) is 18.0. The Labute approximate surface area is 302 Å². The third kappa shape index (κ3) is 10.7. The van der Waals surface area contributed by atoms with E-state index < -0.39 is 11.5 Å². The predicted octanol–water partition coefficient (Wildman–Crippen LogP) is 5.71. The molecular formula is C39H57FN8O3. The minimum Gasteiger partial charge on any atom is -0.391 e. The second-order valence-electron chi connectivity index (χ2n) is 17.2. The highest BCUT2D eigenvalue weighted by molar-refractivity contribution is 6.46. The number of nitrogens with zero attached hydrogens (tertiary/aromatic N) is 7. The Morgan fingerprint density at radius 2 is 1.75 bits per heavy atom. The number of likely N-dealkylation sites (N-methyl/N-ethyl adjacent to an activating group) is 1. The number of nitrogens with one attached hydrogen (secondary N) is 1. The molecule has 278 valence electrons. The maximum Gasteiger partial charge on any atom is 0.275 e. The molecule has 1 aromatic heterocycles. The molecule has 12 heteroatoms. The number of aliphatic imine (C=N–C) groups is 1. The van der Waals surface area contributed by atoms with Gasteiger partial charge >= 0.3 is 0 Å². The summed E-state index contributed by atoms with van der Waals surface area (Å²) in [5.74, 6) is 0.0403. The molecule has 1 saturated carbocycles. The molecule has 5 rings (SSSR count). The van der Waals surface area contributed by atoms with E-state index >= 15 is 0 Å². The Hall–Kier alpha value is -4.03. The molecule has 1 fully saturated rings. The first kappa shape index (κ1) is 39.8. The SMILES string of the molecule is CC(C)(C)CC[C@H](c1ccc(C(=O)NCc2nnn[n-]2)cc1)N1C(=O)C(c2cccc(F)c2)=NC12CCC(C(C)(C)C)CC2.C[N+](C)(C)CCO. The van der Waals surface area contributed by atoms with Crippen LogP contribution in [0.4, 0.5) is 4.39 Å². The standard InChI is InChI=1S/C34H44FN7O2.C5H14NO/c1-32(2,3)17-16-27(22-10-12-23(13-11-22)30(43)36-21-28-38-40-41-39-28)42-31(44)29(24-8-7-9-26(35)20-24)37-34(42)18-14-25(15-19-34)33(4,5)6;1-6(2,3)4-5-7/h7-13,20,25,27H,14-19,21H2,1-6H3,(H2,36,38,39,40,41,43);7H,4-5H2,1-3H3/q;+1/p-1/t25?,27-,34?;/m1./s1. The summed E-state index contributed by atoms with van der Waals surface area (Å²) in [7, 11) is 6.16. The van der Waals surface area contributed by atoms with Gasteiger partial charge in [0.25, 0.3) is 11.8 Å². The fourth-order valence-electron chi connectivity index (χ4n) is 6.83. The van der Waals surface area contributed by atoms with Crippen molar-refractivity contribution in [1.29, 1.82) is 0 Å². The minimum absolute atomic E-state index is 0.0384. The van der Waals surface area contributed by atoms with Crippen LogP contribution in [0.2, 0.25) is 0 Å². The number of rotatable bonds is 10. The molecule has 0 unspecified atom stereocenters. The molecule has 1 aliphatic carbocycles. The number of carbonyl (C=O) groups excluding carboxylic acids is 2. The van der Waals surface area contributed by atoms with Crippen molar-refractivity contribution in [3.8, 4) is 0 Å². The Morgan fingerprint density at radius 1 is 1.08 bits per heavy atom. The second-order valence-corrected chi connectivity index (χ2v) is 17.2. The monoisotopic (exact) mass is 704 g/mol.